The molecule has 0 saturated carbocycles. The molecule has 33 heteroatoms. The van der Waals surface area contributed by atoms with Crippen LogP contribution in [0.3, 0.4) is 0 Å². The fraction of sp³-hybridized carbons (Fsp3) is 0.373. The fourth-order valence-electron chi connectivity index (χ4n) is 13.5. The van der Waals surface area contributed by atoms with E-state index in [-0.39, 0.29) is 116 Å². The summed E-state index contributed by atoms with van der Waals surface area (Å²) < 4.78 is 583. The van der Waals surface area contributed by atoms with E-state index in [9.17, 15) is 85.6 Å². The highest BCUT2D eigenvalue weighted by Gasteiger charge is 2.36. The van der Waals surface area contributed by atoms with Gasteiger partial charge in [-0.15, -0.1) is 0 Å². The smallest absolute Gasteiger partial charge is 0.336 e. The first kappa shape index (κ1) is 60.8. The van der Waals surface area contributed by atoms with Crippen LogP contribution in [-0.4, -0.2) is 154 Å². The van der Waals surface area contributed by atoms with E-state index in [2.05, 4.69) is 15.0 Å². The van der Waals surface area contributed by atoms with Gasteiger partial charge in [-0.1, -0.05) is 236 Å². The number of benzene rings is 9. The van der Waals surface area contributed by atoms with Gasteiger partial charge in [0.15, 0.2) is 15.5 Å². The summed E-state index contributed by atoms with van der Waals surface area (Å²) in [6, 6.07) is 13.3. The number of alkyl halides is 9. The molecular formula is C110H118F12N12O6S3. The molecule has 0 fully saturated rings. The molecule has 2 atom stereocenters. The van der Waals surface area contributed by atoms with E-state index in [0.717, 1.165) is 78.4 Å². The maximum absolute atomic E-state index is 15.3. The summed E-state index contributed by atoms with van der Waals surface area (Å²) in [7, 11) is 0. The van der Waals surface area contributed by atoms with Crippen LogP contribution in [0.25, 0.3) is 33.4 Å². The molecule has 3 amide bonds. The minimum atomic E-state index is -5.44. The van der Waals surface area contributed by atoms with Gasteiger partial charge in [0.1, 0.15) is 36.9 Å². The molecule has 9 aromatic carbocycles. The van der Waals surface area contributed by atoms with Crippen molar-refractivity contribution in [2.75, 3.05) is 78.1 Å². The van der Waals surface area contributed by atoms with Crippen LogP contribution in [0.2, 0.25) is 0 Å². The van der Waals surface area contributed by atoms with Crippen molar-refractivity contribution in [1.82, 2.24) is 58.1 Å². The van der Waals surface area contributed by atoms with E-state index in [1.54, 1.807) is 0 Å². The highest BCUT2D eigenvalue weighted by Crippen LogP contribution is 2.38. The summed E-state index contributed by atoms with van der Waals surface area (Å²) in [5.41, 5.74) is -14.0. The van der Waals surface area contributed by atoms with E-state index in [4.69, 9.17) is 52.1 Å². The minimum absolute atomic E-state index is 0.0286. The number of likely N-dealkylation sites (N-methyl/N-ethyl adjacent to an activating group) is 3. The third-order valence-corrected chi connectivity index (χ3v) is 23.8. The molecule has 3 heterocycles. The SMILES string of the molecule is [2H]C([2H])(C)N(C([2H])([2H])C)C([2H])([2H])C([2H])([2H])N(Cc1ccc(-c2ccc(C(F)(F)F)cc2)cc1)C(=O)C([2H])([2H])n1c(SCc2ccc(F)cc2)nc(=O)c2c1C([2H])([2H])C([2H])(C)C2([2H])[2H].[2H]C([2H])(C)N(C([2H])([2H])C)C([2H])([2H])C([2H])([2H])N(Cc1ccc(-c2ccc(C(F)(F)F)cc2)cc1)C(=O)C([2H])([2H])n1c(SCc2ccc(F)cc2)nc(=O)c2c1CCC2.[2H]c1c([2H])c(CSc2nc(=O)c3c(n2C([2H])([2H])C(=O)N(Cc2c([2H])c([2H])c(-c4c([2H])c([2H])c(C(F)(F)F)c([2H])c4[2H])c([2H])c2[2H])C([2H])([2H])C([2H])([2H])N(CC)CC)C([2H])([2H])C([2H])(C)C3([2H])[2H])c([2H])c([2H])c1F. The number of aromatic nitrogens is 6. The number of carbonyl (C=O) groups is 3. The molecule has 0 aliphatic heterocycles. The Morgan fingerprint density at radius 3 is 1.03 bits per heavy atom. The molecular weight excluding hydrogens is 1910 g/mol. The number of thioether (sulfide) groups is 3. The van der Waals surface area contributed by atoms with Crippen LogP contribution in [-0.2, 0) is 128 Å². The van der Waals surface area contributed by atoms with Crippen LogP contribution < -0.4 is 16.7 Å². The monoisotopic (exact) mass is 2080 g/mol. The molecule has 0 radical (unpaired) electrons. The Kier molecular flexibility index (Phi) is 21.3. The predicted molar refractivity (Wildman–Crippen MR) is 539 cm³/mol. The number of hydrogen-bond acceptors (Lipinski definition) is 15. The van der Waals surface area contributed by atoms with Crippen LogP contribution in [0.1, 0.15) is 211 Å². The number of fused-ring (bicyclic) bond motifs is 3. The van der Waals surface area contributed by atoms with Gasteiger partial charge in [0.05, 0.1) is 49.6 Å². The molecule has 15 rings (SSSR count). The normalized spacial score (nSPS) is 22.5. The zero-order chi connectivity index (χ0) is 145. The first-order valence-corrected chi connectivity index (χ1v) is 45.9. The molecule has 0 saturated heterocycles. The van der Waals surface area contributed by atoms with Gasteiger partial charge in [-0.3, -0.25) is 28.8 Å². The average molecular weight is 2080 g/mol. The molecule has 756 valence electrons. The van der Waals surface area contributed by atoms with Crippen LogP contribution in [0.4, 0.5) is 52.7 Å². The largest absolute Gasteiger partial charge is 0.416 e. The summed E-state index contributed by atoms with van der Waals surface area (Å²) in [6.07, 6.45) is -27.3. The van der Waals surface area contributed by atoms with Gasteiger partial charge < -0.3 is 43.1 Å². The van der Waals surface area contributed by atoms with Gasteiger partial charge >= 0.3 is 18.5 Å². The van der Waals surface area contributed by atoms with Crippen molar-refractivity contribution < 1.29 is 133 Å². The molecule has 2 unspecified atom stereocenters. The number of rotatable bonds is 39. The van der Waals surface area contributed by atoms with Gasteiger partial charge in [-0.2, -0.15) is 54.5 Å². The first-order valence-electron chi connectivity index (χ1n) is 67.0. The van der Waals surface area contributed by atoms with Gasteiger partial charge in [0, 0.05) is 143 Å². The molecule has 3 aliphatic rings. The average Bonchev–Trinajstić information content (AvgIpc) is 1.51. The number of halogens is 12. The Labute approximate surface area is 905 Å². The lowest BCUT2D eigenvalue weighted by molar-refractivity contribution is -0.138. The van der Waals surface area contributed by atoms with Crippen molar-refractivity contribution in [2.45, 2.75) is 191 Å². The van der Waals surface area contributed by atoms with E-state index in [0.29, 0.717) is 66.8 Å². The van der Waals surface area contributed by atoms with Crippen LogP contribution in [0, 0.1) is 29.2 Å². The maximum Gasteiger partial charge on any atom is 0.416 e. The minimum Gasteiger partial charge on any atom is -0.336 e. The molecule has 0 bridgehead atoms. The fourth-order valence-corrected chi connectivity index (χ4v) is 16.1. The van der Waals surface area contributed by atoms with E-state index in [1.165, 1.54) is 123 Å². The standard InChI is InChI=1S/2C37H40F4N4O2S.C36H38F4N4O2S/c2*1-4-43(5-2)18-19-44(22-26-6-10-28(11-7-26)29-12-14-30(15-13-29)37(39,40)41)34(46)23-45-33-21-25(3)20-32(33)35(47)42-36(45)48-24-27-8-16-31(38)17-9-27;1-3-42(4-2)20-21-43(22-25-8-12-27(13-9-25)28-14-16-29(17-15-28)36(38,39)40)33(45)23-44-32-7-5-6-31(32)34(46)41-35(44)47-24-26-10-18-30(37)19-11-26/h2*6-17,25H,4-5,18-24H2,1-3H3;8-19H,3-7,20-24H2,1-2H3/i6D,7D,8D,9D,10D,11D,12D,13D,14D,15D,16D,17D,18D2,19D2,20D2,21D2,23D2,25D;4D2,5D2,18D2,19D2,20D2,21D2,23D2,25D;3D2,4D2,20D2,21D2,23D2. The Hall–Kier alpha value is -11.9. The van der Waals surface area contributed by atoms with Gasteiger partial charge in [-0.25, -0.2) is 13.2 Å². The van der Waals surface area contributed by atoms with Crippen LogP contribution >= 0.6 is 35.3 Å². The number of nitrogens with zero attached hydrogens (tertiary/aromatic N) is 12. The Balaban J connectivity index is 0.000000233. The molecule has 0 spiro atoms. The second-order valence-corrected chi connectivity index (χ2v) is 33.4. The van der Waals surface area contributed by atoms with Crippen molar-refractivity contribution in [3.05, 3.63) is 350 Å². The lowest BCUT2D eigenvalue weighted by atomic mass is 10.0. The summed E-state index contributed by atoms with van der Waals surface area (Å²) in [6.45, 7) is -42.9. The second kappa shape index (κ2) is 50.1. The lowest BCUT2D eigenvalue weighted by Crippen LogP contribution is -2.40. The maximum atomic E-state index is 15.3. The molecule has 3 aromatic heterocycles. The van der Waals surface area contributed by atoms with Gasteiger partial charge in [0.25, 0.3) is 16.7 Å². The van der Waals surface area contributed by atoms with E-state index in [1.807, 2.05) is 0 Å². The van der Waals surface area contributed by atoms with Crippen molar-refractivity contribution in [3.63, 3.8) is 0 Å². The van der Waals surface area contributed by atoms with Crippen LogP contribution in [0.15, 0.2) is 248 Å². The number of amides is 3. The number of carbonyl (C=O) groups excluding carboxylic acids is 3. The van der Waals surface area contributed by atoms with Crippen molar-refractivity contribution >= 4 is 53.0 Å². The van der Waals surface area contributed by atoms with Gasteiger partial charge in [0.2, 0.25) is 17.7 Å². The third kappa shape index (κ3) is 29.7. The van der Waals surface area contributed by atoms with E-state index >= 15 is 9.59 Å². The summed E-state index contributed by atoms with van der Waals surface area (Å²) in [4.78, 5) is 97.7. The zero-order valence-electron chi connectivity index (χ0n) is 125. The van der Waals surface area contributed by atoms with E-state index < -0.39 is 362 Å². The predicted octanol–water partition coefficient (Wildman–Crippen LogP) is 22.2. The van der Waals surface area contributed by atoms with Crippen LogP contribution in [0.5, 0.6) is 0 Å². The molecule has 18 nitrogen and oxygen atoms in total. The highest BCUT2D eigenvalue weighted by molar-refractivity contribution is 7.98. The van der Waals surface area contributed by atoms with Crippen molar-refractivity contribution in [1.29, 1.82) is 0 Å². The molecule has 12 aromatic rings. The Morgan fingerprint density at radius 1 is 0.364 bits per heavy atom. The van der Waals surface area contributed by atoms with Crippen molar-refractivity contribution in [2.24, 2.45) is 11.8 Å². The summed E-state index contributed by atoms with van der Waals surface area (Å²) in [5.74, 6) is -15.9. The zero-order valence-corrected chi connectivity index (χ0v) is 79.2. The van der Waals surface area contributed by atoms with Crippen molar-refractivity contribution in [3.8, 4) is 33.4 Å². The molecule has 0 N–H and O–H groups in total. The first-order chi connectivity index (χ1) is 86.7. The quantitative estimate of drug-likeness (QED) is 0.0202. The highest BCUT2D eigenvalue weighted by atomic mass is 32.2. The second-order valence-electron chi connectivity index (χ2n) is 30.6. The number of hydrogen-bond donors (Lipinski definition) is 0. The Bertz CT molecular complexity index is 9050. The summed E-state index contributed by atoms with van der Waals surface area (Å²) >= 11 is 1.45. The molecule has 3 aliphatic carbocycles. The Morgan fingerprint density at radius 2 is 0.678 bits per heavy atom. The topological polar surface area (TPSA) is 175 Å². The van der Waals surface area contributed by atoms with Gasteiger partial charge in [-0.05, 0) is 235 Å². The summed E-state index contributed by atoms with van der Waals surface area (Å²) in [5, 5.41) is -2.20. The lowest BCUT2D eigenvalue weighted by Gasteiger charge is -2.28. The molecule has 143 heavy (non-hydrogen) atoms. The third-order valence-electron chi connectivity index (χ3n) is 20.8.